The number of rotatable bonds is 5. The number of aliphatic hydroxyl groups excluding tert-OH is 4. The van der Waals surface area contributed by atoms with Crippen LogP contribution in [0.15, 0.2) is 18.2 Å². The third-order valence-corrected chi connectivity index (χ3v) is 5.17. The predicted octanol–water partition coefficient (Wildman–Crippen LogP) is -0.782. The highest BCUT2D eigenvalue weighted by Crippen LogP contribution is 2.32. The Morgan fingerprint density at radius 2 is 2.00 bits per heavy atom. The second kappa shape index (κ2) is 7.17. The number of hydrogen-bond acceptors (Lipinski definition) is 7. The molecule has 0 bridgehead atoms. The van der Waals surface area contributed by atoms with Crippen LogP contribution in [0, 0.1) is 5.92 Å². The van der Waals surface area contributed by atoms with Gasteiger partial charge in [-0.25, -0.2) is 4.98 Å². The molecule has 2 heterocycles. The van der Waals surface area contributed by atoms with Gasteiger partial charge in [-0.3, -0.25) is 4.79 Å². The summed E-state index contributed by atoms with van der Waals surface area (Å²) in [6, 6.07) is 5.02. The van der Waals surface area contributed by atoms with E-state index in [1.807, 2.05) is 0 Å². The summed E-state index contributed by atoms with van der Waals surface area (Å²) < 4.78 is 5.51. The highest BCUT2D eigenvalue weighted by atomic mass is 16.5. The van der Waals surface area contributed by atoms with Crippen LogP contribution in [0.3, 0.4) is 0 Å². The number of nitrogens with zero attached hydrogens (tertiary/aromatic N) is 1. The summed E-state index contributed by atoms with van der Waals surface area (Å²) in [6.45, 7) is 0.170. The monoisotopic (exact) mass is 377 g/mol. The van der Waals surface area contributed by atoms with Crippen molar-refractivity contribution in [2.75, 3.05) is 13.2 Å². The van der Waals surface area contributed by atoms with E-state index in [4.69, 9.17) is 4.74 Å². The summed E-state index contributed by atoms with van der Waals surface area (Å²) in [5.74, 6) is 0.674. The van der Waals surface area contributed by atoms with Gasteiger partial charge in [0.05, 0.1) is 17.6 Å². The van der Waals surface area contributed by atoms with E-state index in [9.17, 15) is 25.2 Å². The Morgan fingerprint density at radius 3 is 2.70 bits per heavy atom. The molecule has 5 atom stereocenters. The Labute approximate surface area is 155 Å². The zero-order valence-electron chi connectivity index (χ0n) is 14.6. The van der Waals surface area contributed by atoms with Gasteiger partial charge in [-0.2, -0.15) is 0 Å². The van der Waals surface area contributed by atoms with E-state index in [1.165, 1.54) is 0 Å². The molecule has 1 saturated carbocycles. The molecule has 146 valence electrons. The zero-order valence-corrected chi connectivity index (χ0v) is 14.6. The van der Waals surface area contributed by atoms with Crippen LogP contribution in [-0.2, 0) is 4.74 Å². The molecule has 4 rings (SSSR count). The Balaban J connectivity index is 1.56. The Kier molecular flexibility index (Phi) is 4.87. The first-order valence-electron chi connectivity index (χ1n) is 9.06. The number of amides is 1. The van der Waals surface area contributed by atoms with Crippen LogP contribution in [0.1, 0.15) is 35.1 Å². The molecule has 6 N–H and O–H groups in total. The van der Waals surface area contributed by atoms with E-state index < -0.39 is 37.1 Å². The maximum Gasteiger partial charge on any atom is 0.251 e. The van der Waals surface area contributed by atoms with E-state index in [0.29, 0.717) is 29.1 Å². The van der Waals surface area contributed by atoms with E-state index in [-0.39, 0.29) is 11.7 Å². The molecule has 0 radical (unpaired) electrons. The van der Waals surface area contributed by atoms with E-state index in [2.05, 4.69) is 15.3 Å². The summed E-state index contributed by atoms with van der Waals surface area (Å²) in [5.41, 5.74) is 1.65. The number of aliphatic hydroxyl groups is 4. The first kappa shape index (κ1) is 18.3. The van der Waals surface area contributed by atoms with E-state index in [0.717, 1.165) is 12.8 Å². The SMILES string of the molecule is O=C(NCC1CC1)c1ccc2nc([C@@H]3O[C@H](CO)[C@H](O)[C@H](O)[C@H]3O)[nH]c2c1. The van der Waals surface area contributed by atoms with Crippen molar-refractivity contribution in [3.8, 4) is 0 Å². The molecule has 2 aromatic rings. The second-order valence-corrected chi connectivity index (χ2v) is 7.26. The molecular weight excluding hydrogens is 354 g/mol. The Morgan fingerprint density at radius 1 is 1.22 bits per heavy atom. The van der Waals surface area contributed by atoms with Crippen LogP contribution in [0.2, 0.25) is 0 Å². The van der Waals surface area contributed by atoms with Crippen molar-refractivity contribution in [2.24, 2.45) is 5.92 Å². The molecule has 1 aliphatic heterocycles. The van der Waals surface area contributed by atoms with Gasteiger partial charge in [-0.1, -0.05) is 0 Å². The minimum atomic E-state index is -1.47. The quantitative estimate of drug-likeness (QED) is 0.400. The summed E-state index contributed by atoms with van der Waals surface area (Å²) in [5, 5.41) is 42.3. The van der Waals surface area contributed by atoms with Gasteiger partial charge in [0.25, 0.3) is 5.91 Å². The third kappa shape index (κ3) is 3.56. The summed E-state index contributed by atoms with van der Waals surface area (Å²) >= 11 is 0. The molecule has 2 aliphatic rings. The molecule has 1 amide bonds. The number of fused-ring (bicyclic) bond motifs is 1. The second-order valence-electron chi connectivity index (χ2n) is 7.26. The topological polar surface area (TPSA) is 148 Å². The van der Waals surface area contributed by atoms with Crippen LogP contribution >= 0.6 is 0 Å². The minimum Gasteiger partial charge on any atom is -0.394 e. The Hall–Kier alpha value is -2.04. The van der Waals surface area contributed by atoms with Crippen molar-refractivity contribution in [1.82, 2.24) is 15.3 Å². The lowest BCUT2D eigenvalue weighted by molar-refractivity contribution is -0.233. The highest BCUT2D eigenvalue weighted by molar-refractivity contribution is 5.97. The average molecular weight is 377 g/mol. The fourth-order valence-electron chi connectivity index (χ4n) is 3.29. The van der Waals surface area contributed by atoms with Gasteiger partial charge in [-0.05, 0) is 37.0 Å². The number of imidazole rings is 1. The van der Waals surface area contributed by atoms with Gasteiger partial charge in [0.2, 0.25) is 0 Å². The molecule has 2 fully saturated rings. The van der Waals surface area contributed by atoms with Gasteiger partial charge in [0.1, 0.15) is 36.3 Å². The fourth-order valence-corrected chi connectivity index (χ4v) is 3.29. The van der Waals surface area contributed by atoms with Crippen molar-refractivity contribution in [3.63, 3.8) is 0 Å². The first-order chi connectivity index (χ1) is 13.0. The molecule has 27 heavy (non-hydrogen) atoms. The lowest BCUT2D eigenvalue weighted by Gasteiger charge is -2.39. The standard InChI is InChI=1S/C18H23N3O6/c22-7-12-13(23)14(24)15(25)16(27-12)17-20-10-4-3-9(5-11(10)21-17)18(26)19-6-8-1-2-8/h3-5,8,12-16,22-25H,1-2,6-7H2,(H,19,26)(H,20,21)/t12-,13+,14+,15-,16-/m1/s1. The fraction of sp³-hybridized carbons (Fsp3) is 0.556. The smallest absolute Gasteiger partial charge is 0.251 e. The summed E-state index contributed by atoms with van der Waals surface area (Å²) in [4.78, 5) is 19.6. The molecular formula is C18H23N3O6. The van der Waals surface area contributed by atoms with Crippen LogP contribution in [0.25, 0.3) is 11.0 Å². The maximum atomic E-state index is 12.2. The lowest BCUT2D eigenvalue weighted by Crippen LogP contribution is -2.55. The molecule has 1 aliphatic carbocycles. The highest BCUT2D eigenvalue weighted by Gasteiger charge is 2.45. The summed E-state index contributed by atoms with van der Waals surface area (Å²) in [6.07, 6.45) is -4.05. The third-order valence-electron chi connectivity index (χ3n) is 5.17. The normalized spacial score (nSPS) is 31.2. The molecule has 0 unspecified atom stereocenters. The van der Waals surface area contributed by atoms with Gasteiger partial charge >= 0.3 is 0 Å². The largest absolute Gasteiger partial charge is 0.394 e. The number of ether oxygens (including phenoxy) is 1. The van der Waals surface area contributed by atoms with Crippen molar-refractivity contribution in [3.05, 3.63) is 29.6 Å². The minimum absolute atomic E-state index is 0.159. The van der Waals surface area contributed by atoms with Gasteiger partial charge in [0, 0.05) is 12.1 Å². The lowest BCUT2D eigenvalue weighted by atomic mass is 9.95. The number of carbonyl (C=O) groups excluding carboxylic acids is 1. The number of aromatic nitrogens is 2. The van der Waals surface area contributed by atoms with Gasteiger partial charge < -0.3 is 35.5 Å². The van der Waals surface area contributed by atoms with Gasteiger partial charge in [0.15, 0.2) is 0 Å². The molecule has 1 aromatic heterocycles. The first-order valence-corrected chi connectivity index (χ1v) is 9.06. The average Bonchev–Trinajstić information content (AvgIpc) is 3.41. The van der Waals surface area contributed by atoms with E-state index >= 15 is 0 Å². The van der Waals surface area contributed by atoms with Gasteiger partial charge in [-0.15, -0.1) is 0 Å². The maximum absolute atomic E-state index is 12.2. The molecule has 9 nitrogen and oxygen atoms in total. The zero-order chi connectivity index (χ0) is 19.1. The van der Waals surface area contributed by atoms with Crippen molar-refractivity contribution in [2.45, 2.75) is 43.4 Å². The number of aromatic amines is 1. The van der Waals surface area contributed by atoms with Crippen LogP contribution in [0.5, 0.6) is 0 Å². The van der Waals surface area contributed by atoms with Crippen LogP contribution in [0.4, 0.5) is 0 Å². The van der Waals surface area contributed by atoms with Crippen LogP contribution < -0.4 is 5.32 Å². The molecule has 0 spiro atoms. The number of hydrogen-bond donors (Lipinski definition) is 6. The number of nitrogens with one attached hydrogen (secondary N) is 2. The molecule has 1 saturated heterocycles. The number of carbonyl (C=O) groups is 1. The van der Waals surface area contributed by atoms with Crippen molar-refractivity contribution < 1.29 is 30.0 Å². The van der Waals surface area contributed by atoms with Crippen LogP contribution in [-0.4, -0.2) is 73.9 Å². The van der Waals surface area contributed by atoms with Crippen molar-refractivity contribution >= 4 is 16.9 Å². The number of H-pyrrole nitrogens is 1. The summed E-state index contributed by atoms with van der Waals surface area (Å²) in [7, 11) is 0. The van der Waals surface area contributed by atoms with E-state index in [1.54, 1.807) is 18.2 Å². The Bertz CT molecular complexity index is 834. The number of benzene rings is 1. The molecule has 9 heteroatoms. The predicted molar refractivity (Wildman–Crippen MR) is 93.9 cm³/mol. The van der Waals surface area contributed by atoms with Crippen molar-refractivity contribution in [1.29, 1.82) is 0 Å². The molecule has 1 aromatic carbocycles.